The van der Waals surface area contributed by atoms with Gasteiger partial charge in [-0.05, 0) is 30.0 Å². The van der Waals surface area contributed by atoms with Gasteiger partial charge >= 0.3 is 0 Å². The van der Waals surface area contributed by atoms with Crippen molar-refractivity contribution in [1.82, 2.24) is 4.31 Å². The molecule has 0 aromatic heterocycles. The Balaban J connectivity index is 2.37. The van der Waals surface area contributed by atoms with Crippen molar-refractivity contribution in [3.8, 4) is 0 Å². The molecular formula is C13H17ClFNO2S. The van der Waals surface area contributed by atoms with E-state index in [-0.39, 0.29) is 10.8 Å². The molecule has 3 nitrogen and oxygen atoms in total. The summed E-state index contributed by atoms with van der Waals surface area (Å²) in [6.45, 7) is 3.06. The summed E-state index contributed by atoms with van der Waals surface area (Å²) >= 11 is 5.75. The maximum atomic E-state index is 13.3. The lowest BCUT2D eigenvalue weighted by Crippen LogP contribution is -2.29. The van der Waals surface area contributed by atoms with Crippen LogP contribution in [0.1, 0.15) is 25.3 Å². The number of hydrogen-bond acceptors (Lipinski definition) is 2. The summed E-state index contributed by atoms with van der Waals surface area (Å²) in [6.07, 6.45) is 1.82. The first-order chi connectivity index (χ1) is 8.98. The molecule has 1 heterocycles. The molecule has 2 rings (SSSR count). The highest BCUT2D eigenvalue weighted by atomic mass is 35.5. The smallest absolute Gasteiger partial charge is 0.207 e. The normalized spacial score (nSPS) is 20.9. The van der Waals surface area contributed by atoms with Crippen LogP contribution in [0.25, 0.3) is 0 Å². The van der Waals surface area contributed by atoms with Crippen molar-refractivity contribution in [1.29, 1.82) is 0 Å². The fraction of sp³-hybridized carbons (Fsp3) is 0.538. The van der Waals surface area contributed by atoms with Gasteiger partial charge in [-0.2, -0.15) is 4.31 Å². The molecule has 1 aromatic rings. The van der Waals surface area contributed by atoms with Gasteiger partial charge in [-0.15, -0.1) is 11.6 Å². The first-order valence-corrected chi connectivity index (χ1v) is 8.31. The van der Waals surface area contributed by atoms with Gasteiger partial charge in [0, 0.05) is 19.0 Å². The Labute approximate surface area is 118 Å². The van der Waals surface area contributed by atoms with E-state index >= 15 is 0 Å². The predicted molar refractivity (Wildman–Crippen MR) is 73.1 cm³/mol. The van der Waals surface area contributed by atoms with Crippen LogP contribution in [0.4, 0.5) is 4.39 Å². The molecule has 1 aliphatic rings. The van der Waals surface area contributed by atoms with Crippen molar-refractivity contribution in [3.63, 3.8) is 0 Å². The second kappa shape index (κ2) is 5.77. The summed E-state index contributed by atoms with van der Waals surface area (Å²) in [5, 5.41) is 0. The van der Waals surface area contributed by atoms with Crippen LogP contribution >= 0.6 is 11.6 Å². The highest BCUT2D eigenvalue weighted by Crippen LogP contribution is 2.28. The molecule has 0 N–H and O–H groups in total. The number of benzene rings is 1. The Morgan fingerprint density at radius 3 is 2.79 bits per heavy atom. The van der Waals surface area contributed by atoms with Gasteiger partial charge in [0.15, 0.2) is 0 Å². The molecule has 0 amide bonds. The Kier molecular flexibility index (Phi) is 4.48. The van der Waals surface area contributed by atoms with Gasteiger partial charge in [-0.1, -0.05) is 19.4 Å². The molecule has 106 valence electrons. The summed E-state index contributed by atoms with van der Waals surface area (Å²) in [4.78, 5) is -0.000692. The number of rotatable bonds is 4. The molecule has 1 unspecified atom stereocenters. The fourth-order valence-corrected chi connectivity index (χ4v) is 4.44. The van der Waals surface area contributed by atoms with Crippen molar-refractivity contribution in [2.45, 2.75) is 30.5 Å². The number of sulfonamides is 1. The third-order valence-electron chi connectivity index (χ3n) is 3.62. The van der Waals surface area contributed by atoms with Gasteiger partial charge in [-0.25, -0.2) is 12.8 Å². The second-order valence-electron chi connectivity index (χ2n) is 4.81. The van der Waals surface area contributed by atoms with Crippen molar-refractivity contribution in [3.05, 3.63) is 29.6 Å². The molecule has 0 spiro atoms. The van der Waals surface area contributed by atoms with E-state index in [1.54, 1.807) is 0 Å². The van der Waals surface area contributed by atoms with Crippen LogP contribution in [0.5, 0.6) is 0 Å². The average molecular weight is 306 g/mol. The van der Waals surface area contributed by atoms with Crippen molar-refractivity contribution in [2.24, 2.45) is 5.92 Å². The van der Waals surface area contributed by atoms with Gasteiger partial charge in [0.25, 0.3) is 0 Å². The van der Waals surface area contributed by atoms with E-state index in [0.717, 1.165) is 18.9 Å². The lowest BCUT2D eigenvalue weighted by atomic mass is 10.1. The standard InChI is InChI=1S/C13H17ClFNO2S/c1-2-10-5-6-16(9-10)19(17,18)13-7-12(15)4-3-11(13)8-14/h3-4,7,10H,2,5-6,8-9H2,1H3. The maximum absolute atomic E-state index is 13.3. The predicted octanol–water partition coefficient (Wildman–Crippen LogP) is 2.99. The number of halogens is 2. The van der Waals surface area contributed by atoms with Gasteiger partial charge in [0.1, 0.15) is 5.82 Å². The second-order valence-corrected chi connectivity index (χ2v) is 6.99. The molecule has 6 heteroatoms. The van der Waals surface area contributed by atoms with Gasteiger partial charge in [0.2, 0.25) is 10.0 Å². The minimum Gasteiger partial charge on any atom is -0.207 e. The van der Waals surface area contributed by atoms with Crippen LogP contribution in [-0.4, -0.2) is 25.8 Å². The summed E-state index contributed by atoms with van der Waals surface area (Å²) in [5.74, 6) is -0.110. The van der Waals surface area contributed by atoms with E-state index in [0.29, 0.717) is 24.6 Å². The van der Waals surface area contributed by atoms with E-state index in [1.165, 1.54) is 16.4 Å². The molecule has 0 aliphatic carbocycles. The monoisotopic (exact) mass is 305 g/mol. The Morgan fingerprint density at radius 2 is 2.21 bits per heavy atom. The molecule has 0 radical (unpaired) electrons. The van der Waals surface area contributed by atoms with Gasteiger partial charge in [0.05, 0.1) is 4.90 Å². The lowest BCUT2D eigenvalue weighted by Gasteiger charge is -2.18. The van der Waals surface area contributed by atoms with E-state index in [2.05, 4.69) is 0 Å². The lowest BCUT2D eigenvalue weighted by molar-refractivity contribution is 0.452. The molecule has 1 aliphatic heterocycles. The first-order valence-electron chi connectivity index (χ1n) is 6.33. The fourth-order valence-electron chi connectivity index (χ4n) is 2.37. The third-order valence-corrected chi connectivity index (χ3v) is 5.85. The van der Waals surface area contributed by atoms with E-state index in [9.17, 15) is 12.8 Å². The van der Waals surface area contributed by atoms with Crippen LogP contribution in [0.15, 0.2) is 23.1 Å². The summed E-state index contributed by atoms with van der Waals surface area (Å²) in [7, 11) is -3.64. The molecule has 1 fully saturated rings. The Morgan fingerprint density at radius 1 is 1.47 bits per heavy atom. The quantitative estimate of drug-likeness (QED) is 0.802. The molecule has 1 aromatic carbocycles. The Bertz CT molecular complexity index is 562. The van der Waals surface area contributed by atoms with Crippen LogP contribution in [0, 0.1) is 11.7 Å². The Hall–Kier alpha value is -0.650. The molecule has 19 heavy (non-hydrogen) atoms. The summed E-state index contributed by atoms with van der Waals surface area (Å²) < 4.78 is 39.8. The SMILES string of the molecule is CCC1CCN(S(=O)(=O)c2cc(F)ccc2CCl)C1. The average Bonchev–Trinajstić information content (AvgIpc) is 2.88. The largest absolute Gasteiger partial charge is 0.243 e. The van der Waals surface area contributed by atoms with Crippen molar-refractivity contribution >= 4 is 21.6 Å². The number of hydrogen-bond donors (Lipinski definition) is 0. The van der Waals surface area contributed by atoms with Crippen molar-refractivity contribution in [2.75, 3.05) is 13.1 Å². The minimum absolute atomic E-state index is 0.000692. The zero-order valence-corrected chi connectivity index (χ0v) is 12.3. The highest BCUT2D eigenvalue weighted by molar-refractivity contribution is 7.89. The zero-order valence-electron chi connectivity index (χ0n) is 10.8. The third kappa shape index (κ3) is 2.93. The van der Waals surface area contributed by atoms with Crippen LogP contribution in [-0.2, 0) is 15.9 Å². The topological polar surface area (TPSA) is 37.4 Å². The number of nitrogens with zero attached hydrogens (tertiary/aromatic N) is 1. The zero-order chi connectivity index (χ0) is 14.0. The maximum Gasteiger partial charge on any atom is 0.243 e. The highest BCUT2D eigenvalue weighted by Gasteiger charge is 2.33. The molecule has 1 atom stereocenters. The molecule has 0 saturated carbocycles. The first kappa shape index (κ1) is 14.8. The summed E-state index contributed by atoms with van der Waals surface area (Å²) in [5.41, 5.74) is 0.447. The molecule has 1 saturated heterocycles. The van der Waals surface area contributed by atoms with E-state index in [4.69, 9.17) is 11.6 Å². The minimum atomic E-state index is -3.64. The van der Waals surface area contributed by atoms with Crippen LogP contribution < -0.4 is 0 Å². The van der Waals surface area contributed by atoms with E-state index in [1.807, 2.05) is 6.92 Å². The van der Waals surface area contributed by atoms with Crippen LogP contribution in [0.3, 0.4) is 0 Å². The van der Waals surface area contributed by atoms with E-state index < -0.39 is 15.8 Å². The molecule has 0 bridgehead atoms. The van der Waals surface area contributed by atoms with Gasteiger partial charge < -0.3 is 0 Å². The summed E-state index contributed by atoms with van der Waals surface area (Å²) in [6, 6.07) is 3.73. The number of alkyl halides is 1. The van der Waals surface area contributed by atoms with Gasteiger partial charge in [-0.3, -0.25) is 0 Å². The van der Waals surface area contributed by atoms with Crippen LogP contribution in [0.2, 0.25) is 0 Å². The van der Waals surface area contributed by atoms with Crippen molar-refractivity contribution < 1.29 is 12.8 Å². The molecular weight excluding hydrogens is 289 g/mol.